The molecule has 6 nitrogen and oxygen atoms in total. The van der Waals surface area contributed by atoms with Crippen molar-refractivity contribution in [2.24, 2.45) is 5.92 Å². The summed E-state index contributed by atoms with van der Waals surface area (Å²) in [5.41, 5.74) is 1.94. The second-order valence-electron chi connectivity index (χ2n) is 9.16. The molecular weight excluding hydrogens is 497 g/mol. The van der Waals surface area contributed by atoms with E-state index >= 15 is 0 Å². The number of benzene rings is 3. The highest BCUT2D eigenvalue weighted by atomic mass is 19.3. The number of hydrogen-bond donors (Lipinski definition) is 1. The van der Waals surface area contributed by atoms with Gasteiger partial charge in [-0.2, -0.15) is 14.0 Å². The first kappa shape index (κ1) is 26.9. The standard InChI is InChI=1S/C29H27F3N2O4/c30-22-7-8-24(26(35)16-22)25-15-21(17-33)6-9-27(25)37-18-28(36)34-12-10-19(11-13-34)4-5-20-2-1-3-23(14-20)38-29(31)32/h1-3,6-9,14-16,19,29,35H,4-5,10-13,18H2. The van der Waals surface area contributed by atoms with Gasteiger partial charge in [0, 0.05) is 30.3 Å². The second-order valence-corrected chi connectivity index (χ2v) is 9.16. The fourth-order valence-corrected chi connectivity index (χ4v) is 4.62. The molecule has 0 radical (unpaired) electrons. The number of likely N-dealkylation sites (tertiary alicyclic amines) is 1. The topological polar surface area (TPSA) is 82.8 Å². The van der Waals surface area contributed by atoms with Gasteiger partial charge in [-0.15, -0.1) is 0 Å². The molecule has 0 aromatic heterocycles. The minimum Gasteiger partial charge on any atom is -0.507 e. The summed E-state index contributed by atoms with van der Waals surface area (Å²) in [6.45, 7) is -1.90. The largest absolute Gasteiger partial charge is 0.507 e. The number of alkyl halides is 2. The van der Waals surface area contributed by atoms with Gasteiger partial charge in [0.05, 0.1) is 11.6 Å². The zero-order valence-corrected chi connectivity index (χ0v) is 20.6. The lowest BCUT2D eigenvalue weighted by atomic mass is 9.90. The van der Waals surface area contributed by atoms with Gasteiger partial charge in [0.25, 0.3) is 5.91 Å². The first-order chi connectivity index (χ1) is 18.3. The Hall–Kier alpha value is -4.19. The van der Waals surface area contributed by atoms with E-state index in [9.17, 15) is 28.3 Å². The maximum Gasteiger partial charge on any atom is 0.387 e. The van der Waals surface area contributed by atoms with Crippen molar-refractivity contribution in [3.8, 4) is 34.4 Å². The van der Waals surface area contributed by atoms with Crippen LogP contribution in [0, 0.1) is 23.1 Å². The third kappa shape index (κ3) is 6.97. The van der Waals surface area contributed by atoms with Crippen LogP contribution in [0.5, 0.6) is 17.2 Å². The van der Waals surface area contributed by atoms with E-state index in [0.717, 1.165) is 37.3 Å². The van der Waals surface area contributed by atoms with Crippen molar-refractivity contribution in [2.75, 3.05) is 19.7 Å². The molecule has 1 fully saturated rings. The van der Waals surface area contributed by atoms with Gasteiger partial charge >= 0.3 is 6.61 Å². The first-order valence-corrected chi connectivity index (χ1v) is 12.3. The van der Waals surface area contributed by atoms with Gasteiger partial charge in [-0.05, 0) is 79.6 Å². The van der Waals surface area contributed by atoms with E-state index in [4.69, 9.17) is 4.74 Å². The molecule has 0 spiro atoms. The van der Waals surface area contributed by atoms with Crippen molar-refractivity contribution in [3.05, 3.63) is 77.6 Å². The summed E-state index contributed by atoms with van der Waals surface area (Å²) in [4.78, 5) is 14.6. The van der Waals surface area contributed by atoms with Crippen LogP contribution in [0.25, 0.3) is 11.1 Å². The van der Waals surface area contributed by atoms with E-state index in [1.54, 1.807) is 29.2 Å². The highest BCUT2D eigenvalue weighted by Crippen LogP contribution is 2.37. The van der Waals surface area contributed by atoms with Crippen molar-refractivity contribution in [3.63, 3.8) is 0 Å². The Bertz CT molecular complexity index is 1320. The fourth-order valence-electron chi connectivity index (χ4n) is 4.62. The fraction of sp³-hybridized carbons (Fsp3) is 0.310. The number of aryl methyl sites for hydroxylation is 1. The van der Waals surface area contributed by atoms with Gasteiger partial charge in [0.15, 0.2) is 6.61 Å². The summed E-state index contributed by atoms with van der Waals surface area (Å²) in [5.74, 6) is -0.222. The first-order valence-electron chi connectivity index (χ1n) is 12.3. The molecule has 1 heterocycles. The van der Waals surface area contributed by atoms with Crippen molar-refractivity contribution >= 4 is 5.91 Å². The van der Waals surface area contributed by atoms with Gasteiger partial charge in [-0.25, -0.2) is 4.39 Å². The van der Waals surface area contributed by atoms with E-state index in [1.165, 1.54) is 24.3 Å². The minimum atomic E-state index is -2.85. The van der Waals surface area contributed by atoms with Crippen LogP contribution in [0.3, 0.4) is 0 Å². The van der Waals surface area contributed by atoms with E-state index in [0.29, 0.717) is 35.9 Å². The number of aromatic hydroxyl groups is 1. The number of phenols is 1. The smallest absolute Gasteiger partial charge is 0.387 e. The molecule has 1 aliphatic heterocycles. The van der Waals surface area contributed by atoms with Crippen molar-refractivity contribution in [1.82, 2.24) is 4.90 Å². The van der Waals surface area contributed by atoms with Gasteiger partial charge in [0.1, 0.15) is 23.1 Å². The lowest BCUT2D eigenvalue weighted by molar-refractivity contribution is -0.134. The average molecular weight is 525 g/mol. The predicted octanol–water partition coefficient (Wildman–Crippen LogP) is 5.92. The van der Waals surface area contributed by atoms with E-state index < -0.39 is 12.4 Å². The maximum absolute atomic E-state index is 13.5. The number of nitriles is 1. The van der Waals surface area contributed by atoms with Crippen LogP contribution in [0.1, 0.15) is 30.4 Å². The second kappa shape index (κ2) is 12.4. The molecular formula is C29H27F3N2O4. The zero-order valence-electron chi connectivity index (χ0n) is 20.6. The Labute approximate surface area is 218 Å². The Morgan fingerprint density at radius 2 is 1.87 bits per heavy atom. The summed E-state index contributed by atoms with van der Waals surface area (Å²) >= 11 is 0. The SMILES string of the molecule is N#Cc1ccc(OCC(=O)N2CCC(CCc3cccc(OC(F)F)c3)CC2)c(-c2ccc(F)cc2O)c1. The Morgan fingerprint density at radius 3 is 2.58 bits per heavy atom. The van der Waals surface area contributed by atoms with Crippen LogP contribution < -0.4 is 9.47 Å². The number of piperidine rings is 1. The zero-order chi connectivity index (χ0) is 27.1. The van der Waals surface area contributed by atoms with Crippen LogP contribution in [0.4, 0.5) is 13.2 Å². The van der Waals surface area contributed by atoms with Gasteiger partial charge in [-0.3, -0.25) is 4.79 Å². The van der Waals surface area contributed by atoms with E-state index in [-0.39, 0.29) is 29.6 Å². The molecule has 198 valence electrons. The normalized spacial score (nSPS) is 13.8. The Morgan fingerprint density at radius 1 is 1.08 bits per heavy atom. The number of halogens is 3. The van der Waals surface area contributed by atoms with Crippen LogP contribution >= 0.6 is 0 Å². The summed E-state index contributed by atoms with van der Waals surface area (Å²) in [6.07, 6.45) is 3.27. The molecule has 3 aromatic carbocycles. The Balaban J connectivity index is 1.30. The molecule has 0 bridgehead atoms. The summed E-state index contributed by atoms with van der Waals surface area (Å²) < 4.78 is 48.6. The number of phenolic OH excluding ortho intramolecular Hbond substituents is 1. The highest BCUT2D eigenvalue weighted by molar-refractivity contribution is 5.80. The molecule has 38 heavy (non-hydrogen) atoms. The number of ether oxygens (including phenoxy) is 2. The lowest BCUT2D eigenvalue weighted by Gasteiger charge is -2.32. The molecule has 4 rings (SSSR count). The summed E-state index contributed by atoms with van der Waals surface area (Å²) in [6, 6.07) is 16.9. The van der Waals surface area contributed by atoms with Crippen LogP contribution in [0.15, 0.2) is 60.7 Å². The van der Waals surface area contributed by atoms with Crippen LogP contribution in [-0.2, 0) is 11.2 Å². The van der Waals surface area contributed by atoms with Crippen molar-refractivity contribution in [1.29, 1.82) is 5.26 Å². The molecule has 0 atom stereocenters. The third-order valence-electron chi connectivity index (χ3n) is 6.64. The van der Waals surface area contributed by atoms with Gasteiger partial charge in [0.2, 0.25) is 0 Å². The van der Waals surface area contributed by atoms with Gasteiger partial charge < -0.3 is 19.5 Å². The number of rotatable bonds is 9. The average Bonchev–Trinajstić information content (AvgIpc) is 2.91. The Kier molecular flexibility index (Phi) is 8.74. The van der Waals surface area contributed by atoms with E-state index in [1.807, 2.05) is 12.1 Å². The van der Waals surface area contributed by atoms with Gasteiger partial charge in [-0.1, -0.05) is 12.1 Å². The lowest BCUT2D eigenvalue weighted by Crippen LogP contribution is -2.41. The highest BCUT2D eigenvalue weighted by Gasteiger charge is 2.23. The molecule has 0 saturated carbocycles. The quantitative estimate of drug-likeness (QED) is 0.376. The molecule has 0 unspecified atom stereocenters. The molecule has 0 aliphatic carbocycles. The maximum atomic E-state index is 13.5. The molecule has 9 heteroatoms. The van der Waals surface area contributed by atoms with Crippen LogP contribution in [-0.4, -0.2) is 42.2 Å². The number of amides is 1. The molecule has 1 N–H and O–H groups in total. The number of carbonyl (C=O) groups is 1. The van der Waals surface area contributed by atoms with Crippen LogP contribution in [0.2, 0.25) is 0 Å². The number of carbonyl (C=O) groups excluding carboxylic acids is 1. The third-order valence-corrected chi connectivity index (χ3v) is 6.64. The molecule has 1 saturated heterocycles. The van der Waals surface area contributed by atoms with Crippen molar-refractivity contribution < 1.29 is 32.5 Å². The number of hydrogen-bond acceptors (Lipinski definition) is 5. The molecule has 1 amide bonds. The predicted molar refractivity (Wildman–Crippen MR) is 134 cm³/mol. The summed E-state index contributed by atoms with van der Waals surface area (Å²) in [7, 11) is 0. The molecule has 3 aromatic rings. The summed E-state index contributed by atoms with van der Waals surface area (Å²) in [5, 5.41) is 19.5. The number of nitrogens with zero attached hydrogens (tertiary/aromatic N) is 2. The van der Waals surface area contributed by atoms with Crippen molar-refractivity contribution in [2.45, 2.75) is 32.3 Å². The molecule has 1 aliphatic rings. The van der Waals surface area contributed by atoms with E-state index in [2.05, 4.69) is 4.74 Å². The monoisotopic (exact) mass is 524 g/mol. The minimum absolute atomic E-state index is 0.151.